The first-order chi connectivity index (χ1) is 19.2. The van der Waals surface area contributed by atoms with Crippen LogP contribution < -0.4 is 16.4 Å². The number of nitrogens with one attached hydrogen (secondary N) is 2. The highest BCUT2D eigenvalue weighted by Gasteiger charge is 2.70. The van der Waals surface area contributed by atoms with Gasteiger partial charge in [0.05, 0.1) is 6.04 Å². The average molecular weight is 567 g/mol. The molecule has 3 unspecified atom stereocenters. The number of rotatable bonds is 9. The lowest BCUT2D eigenvalue weighted by Crippen LogP contribution is -2.59. The molecule has 1 aromatic rings. The normalized spacial score (nSPS) is 25.9. The zero-order valence-corrected chi connectivity index (χ0v) is 24.6. The summed E-state index contributed by atoms with van der Waals surface area (Å²) >= 11 is 0. The van der Waals surface area contributed by atoms with Crippen LogP contribution in [0.15, 0.2) is 24.3 Å². The SMILES string of the molecule is CC(C)(C)OC(=O)N[C@H](C(=O)N1CC2C([C@H]1C(=O)NC(CC1CC1)C(=O)C(N)=O)C2(C)C)C1Cc2ccccc2C1. The van der Waals surface area contributed by atoms with E-state index in [9.17, 15) is 24.0 Å². The van der Waals surface area contributed by atoms with E-state index in [0.29, 0.717) is 25.8 Å². The van der Waals surface area contributed by atoms with E-state index in [1.807, 2.05) is 24.3 Å². The summed E-state index contributed by atoms with van der Waals surface area (Å²) in [5.74, 6) is -2.62. The minimum atomic E-state index is -1.08. The van der Waals surface area contributed by atoms with Gasteiger partial charge in [-0.3, -0.25) is 19.2 Å². The average Bonchev–Trinajstić information content (AvgIpc) is 3.63. The number of alkyl carbamates (subject to hydrolysis) is 1. The van der Waals surface area contributed by atoms with Crippen molar-refractivity contribution in [3.63, 3.8) is 0 Å². The van der Waals surface area contributed by atoms with Crippen molar-refractivity contribution in [3.8, 4) is 0 Å². The van der Waals surface area contributed by atoms with E-state index in [4.69, 9.17) is 10.5 Å². The summed E-state index contributed by atoms with van der Waals surface area (Å²) in [6, 6.07) is 5.25. The Morgan fingerprint density at radius 2 is 1.66 bits per heavy atom. The van der Waals surface area contributed by atoms with Crippen molar-refractivity contribution < 1.29 is 28.7 Å². The third-order valence-corrected chi connectivity index (χ3v) is 9.39. The van der Waals surface area contributed by atoms with Crippen LogP contribution in [0.4, 0.5) is 4.79 Å². The van der Waals surface area contributed by atoms with Crippen molar-refractivity contribution in [2.45, 2.75) is 90.4 Å². The minimum absolute atomic E-state index is 0.0975. The quantitative estimate of drug-likeness (QED) is 0.390. The zero-order valence-electron chi connectivity index (χ0n) is 24.6. The molecule has 1 saturated heterocycles. The topological polar surface area (TPSA) is 148 Å². The summed E-state index contributed by atoms with van der Waals surface area (Å²) in [7, 11) is 0. The van der Waals surface area contributed by atoms with Crippen LogP contribution in [0.25, 0.3) is 0 Å². The van der Waals surface area contributed by atoms with Gasteiger partial charge in [0.25, 0.3) is 5.91 Å². The lowest BCUT2D eigenvalue weighted by atomic mass is 9.93. The Balaban J connectivity index is 1.39. The molecule has 0 radical (unpaired) electrons. The van der Waals surface area contributed by atoms with E-state index in [1.54, 1.807) is 25.7 Å². The highest BCUT2D eigenvalue weighted by molar-refractivity contribution is 6.37. The summed E-state index contributed by atoms with van der Waals surface area (Å²) in [6.07, 6.45) is 2.77. The number of likely N-dealkylation sites (tertiary alicyclic amines) is 1. The molecule has 41 heavy (non-hydrogen) atoms. The number of primary amides is 1. The number of hydrogen-bond acceptors (Lipinski definition) is 6. The van der Waals surface area contributed by atoms with Gasteiger partial charge >= 0.3 is 6.09 Å². The Bertz CT molecular complexity index is 1240. The van der Waals surface area contributed by atoms with Crippen molar-refractivity contribution in [1.82, 2.24) is 15.5 Å². The molecule has 10 heteroatoms. The second kappa shape index (κ2) is 10.4. The van der Waals surface area contributed by atoms with Crippen LogP contribution in [-0.4, -0.2) is 64.8 Å². The molecule has 4 N–H and O–H groups in total. The maximum absolute atomic E-state index is 14.3. The smallest absolute Gasteiger partial charge is 0.408 e. The number of amides is 4. The number of piperidine rings is 1. The van der Waals surface area contributed by atoms with E-state index < -0.39 is 47.4 Å². The summed E-state index contributed by atoms with van der Waals surface area (Å²) in [5, 5.41) is 5.64. The standard InChI is InChI=1S/C31H42N4O6/c1-30(2,3)41-29(40)34-23(19-13-17-8-6-7-9-18(17)14-19)28(39)35-15-20-22(31(20,4)5)24(35)27(38)33-21(12-16-10-11-16)25(36)26(32)37/h6-9,16,19-24H,10-15H2,1-5H3,(H2,32,37)(H,33,38)(H,34,40)/t20?,21?,22?,23-,24-/m0/s1. The second-order valence-corrected chi connectivity index (χ2v) is 13.9. The number of nitrogens with two attached hydrogens (primary N) is 1. The van der Waals surface area contributed by atoms with Gasteiger partial charge in [0.15, 0.2) is 0 Å². The molecular weight excluding hydrogens is 524 g/mol. The summed E-state index contributed by atoms with van der Waals surface area (Å²) in [6.45, 7) is 9.80. The van der Waals surface area contributed by atoms with Crippen molar-refractivity contribution in [2.24, 2.45) is 34.8 Å². The van der Waals surface area contributed by atoms with E-state index in [-0.39, 0.29) is 35.0 Å². The molecule has 1 aliphatic heterocycles. The summed E-state index contributed by atoms with van der Waals surface area (Å²) < 4.78 is 5.52. The van der Waals surface area contributed by atoms with E-state index in [2.05, 4.69) is 24.5 Å². The van der Waals surface area contributed by atoms with E-state index in [0.717, 1.165) is 24.0 Å². The first-order valence-corrected chi connectivity index (χ1v) is 14.7. The largest absolute Gasteiger partial charge is 0.444 e. The van der Waals surface area contributed by atoms with Crippen LogP contribution >= 0.6 is 0 Å². The number of carbonyl (C=O) groups is 5. The fraction of sp³-hybridized carbons (Fsp3) is 0.645. The number of nitrogens with zero attached hydrogens (tertiary/aromatic N) is 1. The van der Waals surface area contributed by atoms with Gasteiger partial charge < -0.3 is 26.0 Å². The minimum Gasteiger partial charge on any atom is -0.444 e. The Labute approximate surface area is 241 Å². The molecule has 3 fully saturated rings. The predicted octanol–water partition coefficient (Wildman–Crippen LogP) is 2.12. The molecule has 1 aromatic carbocycles. The number of benzene rings is 1. The van der Waals surface area contributed by atoms with Gasteiger partial charge in [0, 0.05) is 6.54 Å². The van der Waals surface area contributed by atoms with Gasteiger partial charge in [-0.1, -0.05) is 51.0 Å². The van der Waals surface area contributed by atoms with Crippen molar-refractivity contribution >= 4 is 29.6 Å². The molecule has 4 aliphatic rings. The van der Waals surface area contributed by atoms with E-state index in [1.165, 1.54) is 0 Å². The molecule has 5 atom stereocenters. The number of Topliss-reactive ketones (excluding diaryl/α,β-unsaturated/α-hetero) is 1. The summed E-state index contributed by atoms with van der Waals surface area (Å²) in [4.78, 5) is 67.0. The predicted molar refractivity (Wildman–Crippen MR) is 150 cm³/mol. The summed E-state index contributed by atoms with van der Waals surface area (Å²) in [5.41, 5.74) is 6.66. The lowest BCUT2D eigenvalue weighted by Gasteiger charge is -2.35. The van der Waals surface area contributed by atoms with Gasteiger partial charge in [0.1, 0.15) is 17.7 Å². The zero-order chi connectivity index (χ0) is 29.9. The van der Waals surface area contributed by atoms with Crippen LogP contribution in [-0.2, 0) is 36.8 Å². The Kier molecular flexibility index (Phi) is 7.40. The molecule has 222 valence electrons. The van der Waals surface area contributed by atoms with Gasteiger partial charge in [-0.15, -0.1) is 0 Å². The van der Waals surface area contributed by atoms with Gasteiger partial charge in [0.2, 0.25) is 17.6 Å². The van der Waals surface area contributed by atoms with Crippen molar-refractivity contribution in [1.29, 1.82) is 0 Å². The highest BCUT2D eigenvalue weighted by atomic mass is 16.6. The Hall–Kier alpha value is -3.43. The number of ketones is 1. The fourth-order valence-corrected chi connectivity index (χ4v) is 6.98. The second-order valence-electron chi connectivity index (χ2n) is 13.9. The van der Waals surface area contributed by atoms with Crippen LogP contribution in [0.5, 0.6) is 0 Å². The maximum Gasteiger partial charge on any atom is 0.408 e. The number of ether oxygens (including phenoxy) is 1. The van der Waals surface area contributed by atoms with Crippen molar-refractivity contribution in [3.05, 3.63) is 35.4 Å². The van der Waals surface area contributed by atoms with Gasteiger partial charge in [-0.05, 0) is 80.2 Å². The first kappa shape index (κ1) is 29.1. The first-order valence-electron chi connectivity index (χ1n) is 14.7. The van der Waals surface area contributed by atoms with E-state index >= 15 is 0 Å². The highest BCUT2D eigenvalue weighted by Crippen LogP contribution is 2.65. The van der Waals surface area contributed by atoms with Crippen LogP contribution in [0.1, 0.15) is 65.0 Å². The molecular formula is C31H42N4O6. The molecule has 2 saturated carbocycles. The third kappa shape index (κ3) is 5.97. The number of hydrogen-bond donors (Lipinski definition) is 3. The molecule has 4 amide bonds. The van der Waals surface area contributed by atoms with Crippen LogP contribution in [0.3, 0.4) is 0 Å². The Morgan fingerprint density at radius 3 is 2.20 bits per heavy atom. The molecule has 0 spiro atoms. The molecule has 1 heterocycles. The molecule has 3 aliphatic carbocycles. The number of carbonyl (C=O) groups excluding carboxylic acids is 5. The van der Waals surface area contributed by atoms with Crippen molar-refractivity contribution in [2.75, 3.05) is 6.54 Å². The Morgan fingerprint density at radius 1 is 1.05 bits per heavy atom. The molecule has 0 aromatic heterocycles. The van der Waals surface area contributed by atoms with Gasteiger partial charge in [-0.25, -0.2) is 4.79 Å². The molecule has 0 bridgehead atoms. The lowest BCUT2D eigenvalue weighted by molar-refractivity contribution is -0.144. The monoisotopic (exact) mass is 566 g/mol. The fourth-order valence-electron chi connectivity index (χ4n) is 6.98. The number of fused-ring (bicyclic) bond motifs is 2. The van der Waals surface area contributed by atoms with Gasteiger partial charge in [-0.2, -0.15) is 0 Å². The molecule has 5 rings (SSSR count). The molecule has 10 nitrogen and oxygen atoms in total. The third-order valence-electron chi connectivity index (χ3n) is 9.39. The maximum atomic E-state index is 14.3. The van der Waals surface area contributed by atoms with Crippen LogP contribution in [0.2, 0.25) is 0 Å². The van der Waals surface area contributed by atoms with Crippen LogP contribution in [0, 0.1) is 29.1 Å².